The third-order valence-corrected chi connectivity index (χ3v) is 26.9. The normalized spacial score (nSPS) is 30.9. The van der Waals surface area contributed by atoms with Crippen LogP contribution in [0.15, 0.2) is 48.5 Å². The zero-order chi connectivity index (χ0) is 39.3. The van der Waals surface area contributed by atoms with Gasteiger partial charge in [0.05, 0.1) is 6.10 Å². The first-order valence-corrected chi connectivity index (χ1v) is 28.1. The first kappa shape index (κ1) is 41.8. The summed E-state index contributed by atoms with van der Waals surface area (Å²) in [6.07, 6.45) is -2.65. The second-order valence-electron chi connectivity index (χ2n) is 21.0. The van der Waals surface area contributed by atoms with E-state index in [1.165, 1.54) is 0 Å². The van der Waals surface area contributed by atoms with Gasteiger partial charge in [-0.05, 0) is 92.4 Å². The van der Waals surface area contributed by atoms with Crippen LogP contribution in [0.1, 0.15) is 112 Å². The van der Waals surface area contributed by atoms with Crippen molar-refractivity contribution in [3.8, 4) is 5.75 Å². The minimum Gasteiger partial charge on any atom is -0.489 e. The molecule has 1 saturated heterocycles. The van der Waals surface area contributed by atoms with Crippen molar-refractivity contribution < 1.29 is 32.6 Å². The molecule has 0 radical (unpaired) electrons. The zero-order valence-corrected chi connectivity index (χ0v) is 38.6. The van der Waals surface area contributed by atoms with Gasteiger partial charge < -0.3 is 32.6 Å². The molecule has 7 atom stereocenters. The van der Waals surface area contributed by atoms with Gasteiger partial charge in [-0.2, -0.15) is 0 Å². The van der Waals surface area contributed by atoms with E-state index in [4.69, 9.17) is 27.5 Å². The fourth-order valence-corrected chi connectivity index (χ4v) is 11.5. The van der Waals surface area contributed by atoms with Crippen LogP contribution in [-0.2, 0) is 29.4 Å². The Morgan fingerprint density at radius 1 is 0.692 bits per heavy atom. The molecule has 2 fully saturated rings. The quantitative estimate of drug-likeness (QED) is 0.255. The van der Waals surface area contributed by atoms with Crippen molar-refractivity contribution >= 4 is 25.0 Å². The molecular weight excluding hydrogens is 701 g/mol. The third-order valence-electron chi connectivity index (χ3n) is 13.5. The number of rotatable bonds is 9. The second-order valence-corrected chi connectivity index (χ2v) is 35.3. The maximum atomic E-state index is 14.1. The van der Waals surface area contributed by atoms with E-state index < -0.39 is 72.3 Å². The van der Waals surface area contributed by atoms with E-state index in [0.29, 0.717) is 6.61 Å². The lowest BCUT2D eigenvalue weighted by atomic mass is 9.63. The molecule has 7 nitrogen and oxygen atoms in total. The van der Waals surface area contributed by atoms with Crippen LogP contribution >= 0.6 is 0 Å². The van der Waals surface area contributed by atoms with E-state index in [9.17, 15) is 5.11 Å². The summed E-state index contributed by atoms with van der Waals surface area (Å²) in [7, 11) is -7.46. The number of hydrogen-bond donors (Lipinski definition) is 1. The molecule has 1 heterocycles. The van der Waals surface area contributed by atoms with E-state index in [1.807, 2.05) is 44.2 Å². The molecule has 10 heteroatoms. The smallest absolute Gasteiger partial charge is 0.193 e. The first-order chi connectivity index (χ1) is 23.4. The summed E-state index contributed by atoms with van der Waals surface area (Å²) in [5.41, 5.74) is 0.274. The second kappa shape index (κ2) is 13.1. The summed E-state index contributed by atoms with van der Waals surface area (Å²) in [5.74, 6) is -0.865. The van der Waals surface area contributed by atoms with Gasteiger partial charge in [0.1, 0.15) is 41.9 Å². The van der Waals surface area contributed by atoms with Gasteiger partial charge in [-0.25, -0.2) is 0 Å². The van der Waals surface area contributed by atoms with Crippen molar-refractivity contribution in [3.05, 3.63) is 65.2 Å². The number of ether oxygens (including phenoxy) is 3. The van der Waals surface area contributed by atoms with Gasteiger partial charge in [0.25, 0.3) is 0 Å². The first-order valence-electron chi connectivity index (χ1n) is 19.3. The molecular formula is C42H70O7Si3. The number of fused-ring (bicyclic) bond motifs is 5. The lowest BCUT2D eigenvalue weighted by Crippen LogP contribution is -2.74. The standard InChI is InChI=1S/C42H70O7Si3/c1-37(2,3)50(13,14)46-33-32-31-29(25-22-26-30(31)44-27-28-23-20-19-21-24-28)34(47-51(15,16)38(4,5)6)42(32,43)36-41(12,49-40(10,11)45-36)35(33)48-52(17,18)39(7,8)9/h19-26,32-36,43H,27H2,1-18H3/t32-,33-,34+,35+,36-,41-,42-/m0/s1. The number of aliphatic hydroxyl groups is 1. The highest BCUT2D eigenvalue weighted by Crippen LogP contribution is 2.67. The van der Waals surface area contributed by atoms with Crippen LogP contribution in [0, 0.1) is 0 Å². The molecule has 5 rings (SSSR count). The molecule has 0 aromatic heterocycles. The fourth-order valence-electron chi connectivity index (χ4n) is 7.58. The monoisotopic (exact) mass is 770 g/mol. The Labute approximate surface area is 318 Å². The summed E-state index contributed by atoms with van der Waals surface area (Å²) in [6, 6.07) is 16.4. The van der Waals surface area contributed by atoms with Crippen LogP contribution in [0.4, 0.5) is 0 Å². The van der Waals surface area contributed by atoms with Gasteiger partial charge in [-0.3, -0.25) is 0 Å². The number of benzene rings is 2. The Hall–Kier alpha value is -1.35. The molecule has 1 N–H and O–H groups in total. The molecule has 1 saturated carbocycles. The Morgan fingerprint density at radius 3 is 1.75 bits per heavy atom. The molecule has 3 aliphatic rings. The molecule has 0 bridgehead atoms. The van der Waals surface area contributed by atoms with Crippen LogP contribution in [0.3, 0.4) is 0 Å². The number of hydrogen-bond acceptors (Lipinski definition) is 7. The van der Waals surface area contributed by atoms with E-state index >= 15 is 0 Å². The fraction of sp³-hybridized carbons (Fsp3) is 0.714. The summed E-state index contributed by atoms with van der Waals surface area (Å²) in [4.78, 5) is 0. The summed E-state index contributed by atoms with van der Waals surface area (Å²) < 4.78 is 43.6. The van der Waals surface area contributed by atoms with Gasteiger partial charge in [0.2, 0.25) is 0 Å². The van der Waals surface area contributed by atoms with Crippen LogP contribution in [0.5, 0.6) is 5.75 Å². The summed E-state index contributed by atoms with van der Waals surface area (Å²) in [5, 5.41) is 13.8. The van der Waals surface area contributed by atoms with Gasteiger partial charge in [0, 0.05) is 11.5 Å². The van der Waals surface area contributed by atoms with Crippen LogP contribution < -0.4 is 4.74 Å². The Morgan fingerprint density at radius 2 is 1.21 bits per heavy atom. The van der Waals surface area contributed by atoms with Crippen LogP contribution in [-0.4, -0.2) is 65.4 Å². The maximum absolute atomic E-state index is 14.1. The lowest BCUT2D eigenvalue weighted by Gasteiger charge is -2.59. The van der Waals surface area contributed by atoms with Gasteiger partial charge in [0.15, 0.2) is 30.7 Å². The molecule has 2 aliphatic carbocycles. The minimum atomic E-state index is -2.51. The van der Waals surface area contributed by atoms with E-state index in [2.05, 4.69) is 127 Å². The highest BCUT2D eigenvalue weighted by molar-refractivity contribution is 6.75. The predicted molar refractivity (Wildman–Crippen MR) is 219 cm³/mol. The van der Waals surface area contributed by atoms with Gasteiger partial charge in [-0.15, -0.1) is 0 Å². The molecule has 52 heavy (non-hydrogen) atoms. The van der Waals surface area contributed by atoms with Crippen LogP contribution in [0.25, 0.3) is 0 Å². The molecule has 0 unspecified atom stereocenters. The van der Waals surface area contributed by atoms with E-state index in [-0.39, 0.29) is 15.1 Å². The maximum Gasteiger partial charge on any atom is 0.193 e. The topological polar surface area (TPSA) is 75.6 Å². The average Bonchev–Trinajstić information content (AvgIpc) is 3.39. The predicted octanol–water partition coefficient (Wildman–Crippen LogP) is 10.9. The molecule has 2 aromatic carbocycles. The molecule has 2 aromatic rings. The largest absolute Gasteiger partial charge is 0.489 e. The Bertz CT molecular complexity index is 1600. The molecule has 0 spiro atoms. The van der Waals surface area contributed by atoms with E-state index in [0.717, 1.165) is 22.4 Å². The average molecular weight is 771 g/mol. The minimum absolute atomic E-state index is 0.0887. The SMILES string of the molecule is CC1(C)O[C@H]2[C@@](C)(O1)[C@H](O[Si](C)(C)C(C)(C)C)[C@@H](O[Si](C)(C)C(C)(C)C)[C@@H]1c3c(OCc4ccccc4)cccc3[C@@H](O[Si](C)(C)C(C)(C)C)[C@@]12O. The summed E-state index contributed by atoms with van der Waals surface area (Å²) >= 11 is 0. The van der Waals surface area contributed by atoms with Crippen LogP contribution in [0.2, 0.25) is 54.4 Å². The molecule has 292 valence electrons. The van der Waals surface area contributed by atoms with Crippen molar-refractivity contribution in [2.75, 3.05) is 0 Å². The Kier molecular flexibility index (Phi) is 10.5. The zero-order valence-electron chi connectivity index (χ0n) is 35.6. The van der Waals surface area contributed by atoms with Gasteiger partial charge >= 0.3 is 0 Å². The highest BCUT2D eigenvalue weighted by atomic mass is 28.4. The highest BCUT2D eigenvalue weighted by Gasteiger charge is 2.77. The van der Waals surface area contributed by atoms with Gasteiger partial charge in [-0.1, -0.05) is 105 Å². The van der Waals surface area contributed by atoms with Crippen molar-refractivity contribution in [3.63, 3.8) is 0 Å². The van der Waals surface area contributed by atoms with Crippen molar-refractivity contribution in [1.29, 1.82) is 0 Å². The van der Waals surface area contributed by atoms with Crippen molar-refractivity contribution in [2.45, 2.75) is 191 Å². The lowest BCUT2D eigenvalue weighted by molar-refractivity contribution is -0.242. The summed E-state index contributed by atoms with van der Waals surface area (Å²) in [6.45, 7) is 40.3. The van der Waals surface area contributed by atoms with E-state index in [1.54, 1.807) is 0 Å². The Balaban J connectivity index is 1.84. The molecule has 1 aliphatic heterocycles. The van der Waals surface area contributed by atoms with Crippen molar-refractivity contribution in [1.82, 2.24) is 0 Å². The van der Waals surface area contributed by atoms with Crippen molar-refractivity contribution in [2.24, 2.45) is 0 Å². The molecule has 0 amide bonds. The third kappa shape index (κ3) is 7.11.